The molecule has 7 heteroatoms. The Bertz CT molecular complexity index is 724. The van der Waals surface area contributed by atoms with Gasteiger partial charge in [0.1, 0.15) is 5.60 Å². The van der Waals surface area contributed by atoms with Gasteiger partial charge in [-0.3, -0.25) is 0 Å². The van der Waals surface area contributed by atoms with E-state index in [9.17, 15) is 4.79 Å². The number of amides is 1. The predicted octanol–water partition coefficient (Wildman–Crippen LogP) is 5.12. The van der Waals surface area contributed by atoms with E-state index in [4.69, 9.17) is 14.0 Å². The summed E-state index contributed by atoms with van der Waals surface area (Å²) < 4.78 is 17.8. The van der Waals surface area contributed by atoms with Crippen LogP contribution in [0.4, 0.5) is 4.79 Å². The van der Waals surface area contributed by atoms with Crippen molar-refractivity contribution in [2.45, 2.75) is 70.6 Å². The van der Waals surface area contributed by atoms with E-state index in [2.05, 4.69) is 27.3 Å². The smallest absolute Gasteiger partial charge is 0.444 e. The Labute approximate surface area is 177 Å². The second-order valence-corrected chi connectivity index (χ2v) is 9.56. The van der Waals surface area contributed by atoms with E-state index in [1.807, 2.05) is 72.7 Å². The SMILES string of the molecule is CC(C)(C)OC(=O)NCC(=Cc1ccccc1CBr)B1OC(C)(C)C(C)(C)O1. The van der Waals surface area contributed by atoms with Crippen molar-refractivity contribution in [1.29, 1.82) is 0 Å². The van der Waals surface area contributed by atoms with Gasteiger partial charge in [0, 0.05) is 11.9 Å². The summed E-state index contributed by atoms with van der Waals surface area (Å²) in [6, 6.07) is 8.08. The molecule has 0 unspecified atom stereocenters. The fraction of sp³-hybridized carbons (Fsp3) is 0.571. The number of halogens is 1. The molecule has 1 amide bonds. The molecule has 2 rings (SSSR count). The third-order valence-corrected chi connectivity index (χ3v) is 5.54. The molecular formula is C21H31BBrNO4. The largest absolute Gasteiger partial charge is 0.492 e. The van der Waals surface area contributed by atoms with Crippen LogP contribution in [0, 0.1) is 0 Å². The molecule has 0 radical (unpaired) electrons. The molecule has 0 atom stereocenters. The lowest BCUT2D eigenvalue weighted by molar-refractivity contribution is 0.00578. The Hall–Kier alpha value is -1.31. The minimum absolute atomic E-state index is 0.266. The van der Waals surface area contributed by atoms with Crippen molar-refractivity contribution in [3.05, 3.63) is 40.9 Å². The highest BCUT2D eigenvalue weighted by atomic mass is 79.9. The summed E-state index contributed by atoms with van der Waals surface area (Å²) in [4.78, 5) is 12.2. The number of benzene rings is 1. The number of carbonyl (C=O) groups excluding carboxylic acids is 1. The highest BCUT2D eigenvalue weighted by Gasteiger charge is 2.52. The molecule has 28 heavy (non-hydrogen) atoms. The van der Waals surface area contributed by atoms with E-state index in [0.29, 0.717) is 0 Å². The van der Waals surface area contributed by atoms with E-state index < -0.39 is 30.0 Å². The molecule has 1 aromatic rings. The number of alkyl halides is 1. The normalized spacial score (nSPS) is 18.9. The van der Waals surface area contributed by atoms with Crippen molar-refractivity contribution in [2.75, 3.05) is 6.54 Å². The molecule has 0 spiro atoms. The van der Waals surface area contributed by atoms with Gasteiger partial charge in [-0.1, -0.05) is 46.3 Å². The summed E-state index contributed by atoms with van der Waals surface area (Å²) in [5, 5.41) is 3.56. The Kier molecular flexibility index (Phi) is 7.05. The quantitative estimate of drug-likeness (QED) is 0.498. The number of rotatable bonds is 5. The molecule has 1 fully saturated rings. The van der Waals surface area contributed by atoms with Crippen LogP contribution >= 0.6 is 15.9 Å². The van der Waals surface area contributed by atoms with E-state index in [0.717, 1.165) is 21.9 Å². The zero-order valence-corrected chi connectivity index (χ0v) is 19.5. The van der Waals surface area contributed by atoms with Crippen LogP contribution in [-0.2, 0) is 19.4 Å². The number of ether oxygens (including phenoxy) is 1. The van der Waals surface area contributed by atoms with Crippen molar-refractivity contribution in [3.8, 4) is 0 Å². The highest BCUT2D eigenvalue weighted by Crippen LogP contribution is 2.38. The molecule has 1 aromatic carbocycles. The van der Waals surface area contributed by atoms with Crippen molar-refractivity contribution >= 4 is 35.2 Å². The summed E-state index contributed by atoms with van der Waals surface area (Å²) in [5.41, 5.74) is 1.55. The van der Waals surface area contributed by atoms with Gasteiger partial charge in [-0.15, -0.1) is 0 Å². The van der Waals surface area contributed by atoms with Gasteiger partial charge in [-0.2, -0.15) is 0 Å². The number of nitrogens with one attached hydrogen (secondary N) is 1. The van der Waals surface area contributed by atoms with Crippen LogP contribution in [0.25, 0.3) is 6.08 Å². The Morgan fingerprint density at radius 2 is 1.75 bits per heavy atom. The molecule has 0 aliphatic carbocycles. The van der Waals surface area contributed by atoms with Gasteiger partial charge in [-0.25, -0.2) is 4.79 Å². The minimum atomic E-state index is -0.555. The van der Waals surface area contributed by atoms with Gasteiger partial charge in [0.05, 0.1) is 11.2 Å². The van der Waals surface area contributed by atoms with Crippen LogP contribution in [0.5, 0.6) is 0 Å². The fourth-order valence-corrected chi connectivity index (χ4v) is 3.19. The first-order valence-corrected chi connectivity index (χ1v) is 10.6. The number of carbonyl (C=O) groups is 1. The lowest BCUT2D eigenvalue weighted by Gasteiger charge is -2.32. The predicted molar refractivity (Wildman–Crippen MR) is 117 cm³/mol. The first-order valence-electron chi connectivity index (χ1n) is 9.51. The number of hydrogen-bond acceptors (Lipinski definition) is 4. The third-order valence-electron chi connectivity index (χ3n) is 4.93. The molecular weight excluding hydrogens is 421 g/mol. The third kappa shape index (κ3) is 5.85. The maximum atomic E-state index is 12.2. The van der Waals surface area contributed by atoms with Crippen LogP contribution in [-0.4, -0.2) is 36.6 Å². The fourth-order valence-electron chi connectivity index (χ4n) is 2.68. The van der Waals surface area contributed by atoms with Crippen LogP contribution in [0.2, 0.25) is 0 Å². The summed E-state index contributed by atoms with van der Waals surface area (Å²) in [6.45, 7) is 13.8. The van der Waals surface area contributed by atoms with Gasteiger partial charge in [0.2, 0.25) is 0 Å². The Balaban J connectivity index is 2.29. The van der Waals surface area contributed by atoms with Crippen molar-refractivity contribution < 1.29 is 18.8 Å². The second-order valence-electron chi connectivity index (χ2n) is 9.00. The molecule has 1 heterocycles. The molecule has 1 aliphatic heterocycles. The zero-order valence-electron chi connectivity index (χ0n) is 17.9. The zero-order chi connectivity index (χ0) is 21.2. The monoisotopic (exact) mass is 451 g/mol. The van der Waals surface area contributed by atoms with Crippen molar-refractivity contribution in [1.82, 2.24) is 5.32 Å². The highest BCUT2D eigenvalue weighted by molar-refractivity contribution is 9.08. The Morgan fingerprint density at radius 3 is 2.29 bits per heavy atom. The molecule has 154 valence electrons. The van der Waals surface area contributed by atoms with Gasteiger partial charge >= 0.3 is 13.2 Å². The maximum absolute atomic E-state index is 12.2. The summed E-state index contributed by atoms with van der Waals surface area (Å²) in [7, 11) is -0.552. The lowest BCUT2D eigenvalue weighted by Crippen LogP contribution is -2.41. The van der Waals surface area contributed by atoms with Gasteiger partial charge in [-0.05, 0) is 65.1 Å². The summed E-state index contributed by atoms with van der Waals surface area (Å²) in [6.07, 6.45) is 1.56. The van der Waals surface area contributed by atoms with Crippen LogP contribution in [0.3, 0.4) is 0 Å². The first kappa shape index (κ1) is 23.0. The van der Waals surface area contributed by atoms with E-state index >= 15 is 0 Å². The number of alkyl carbamates (subject to hydrolysis) is 1. The molecule has 0 saturated carbocycles. The molecule has 5 nitrogen and oxygen atoms in total. The van der Waals surface area contributed by atoms with E-state index in [1.165, 1.54) is 0 Å². The molecule has 0 bridgehead atoms. The minimum Gasteiger partial charge on any atom is -0.444 e. The molecule has 1 saturated heterocycles. The molecule has 1 N–H and O–H groups in total. The average Bonchev–Trinajstić information content (AvgIpc) is 2.78. The van der Waals surface area contributed by atoms with Gasteiger partial charge in [0.25, 0.3) is 0 Å². The van der Waals surface area contributed by atoms with E-state index in [-0.39, 0.29) is 6.54 Å². The van der Waals surface area contributed by atoms with E-state index in [1.54, 1.807) is 0 Å². The topological polar surface area (TPSA) is 56.8 Å². The first-order chi connectivity index (χ1) is 12.8. The molecule has 1 aliphatic rings. The molecule has 0 aromatic heterocycles. The van der Waals surface area contributed by atoms with Gasteiger partial charge in [0.15, 0.2) is 0 Å². The maximum Gasteiger partial charge on any atom is 0.492 e. The van der Waals surface area contributed by atoms with Crippen LogP contribution < -0.4 is 5.32 Å². The Morgan fingerprint density at radius 1 is 1.18 bits per heavy atom. The van der Waals surface area contributed by atoms with Crippen molar-refractivity contribution in [2.24, 2.45) is 0 Å². The lowest BCUT2D eigenvalue weighted by atomic mass is 9.76. The van der Waals surface area contributed by atoms with Gasteiger partial charge < -0.3 is 19.4 Å². The van der Waals surface area contributed by atoms with Crippen LogP contribution in [0.15, 0.2) is 29.7 Å². The summed E-state index contributed by atoms with van der Waals surface area (Å²) >= 11 is 3.53. The average molecular weight is 452 g/mol. The summed E-state index contributed by atoms with van der Waals surface area (Å²) in [5.74, 6) is 0. The van der Waals surface area contributed by atoms with Crippen molar-refractivity contribution in [3.63, 3.8) is 0 Å². The van der Waals surface area contributed by atoms with Crippen LogP contribution in [0.1, 0.15) is 59.6 Å². The number of hydrogen-bond donors (Lipinski definition) is 1. The standard InChI is InChI=1S/C21H31BBrNO4/c1-19(2,3)26-18(25)24-14-17(12-15-10-8-9-11-16(15)13-23)22-27-20(4,5)21(6,7)28-22/h8-12H,13-14H2,1-7H3,(H,24,25). The second kappa shape index (κ2) is 8.60.